The largest absolute Gasteiger partial charge is 0.507 e. The van der Waals surface area contributed by atoms with Crippen molar-refractivity contribution in [3.8, 4) is 5.75 Å². The molecule has 10 nitrogen and oxygen atoms in total. The van der Waals surface area contributed by atoms with Crippen LogP contribution in [0.25, 0.3) is 5.57 Å². The monoisotopic (exact) mass is 512 g/mol. The number of carbonyl (C=O) groups is 5. The standard InChI is InChI=1S/C27H32N2O8/c1-12(10-37-6)13-7-8-15(30)16-14(13)9-25(2)11-26(3)21(29(4)5)20(32)17(24(28)35)22(33)27(26,36)23(34)18(25)19(16)31/h7-8,10,17-18,21,30,36H,9,11H2,1-6H3,(H2,28,35)/t17?,18?,21-,25+,26+,27-/m1/s1. The fourth-order valence-corrected chi connectivity index (χ4v) is 7.33. The second-order valence-electron chi connectivity index (χ2n) is 11.3. The number of hydrogen-bond acceptors (Lipinski definition) is 9. The van der Waals surface area contributed by atoms with Crippen molar-refractivity contribution in [3.05, 3.63) is 35.1 Å². The van der Waals surface area contributed by atoms with Gasteiger partial charge < -0.3 is 20.7 Å². The SMILES string of the molecule is COC=C(C)c1ccc(O)c2c1C[C@@]1(C)C[C@@]3(C)[C@H](N(C)C)C(=O)C(C(N)=O)C(=O)[C@@]3(O)C(=O)C1C2=O. The molecule has 2 unspecified atom stereocenters. The number of methoxy groups -OCH3 is 1. The Morgan fingerprint density at radius 2 is 1.78 bits per heavy atom. The number of carbonyl (C=O) groups excluding carboxylic acids is 5. The third-order valence-corrected chi connectivity index (χ3v) is 8.59. The van der Waals surface area contributed by atoms with E-state index in [0.717, 1.165) is 0 Å². The highest BCUT2D eigenvalue weighted by atomic mass is 16.5. The van der Waals surface area contributed by atoms with E-state index >= 15 is 0 Å². The van der Waals surface area contributed by atoms with Crippen molar-refractivity contribution in [2.75, 3.05) is 21.2 Å². The summed E-state index contributed by atoms with van der Waals surface area (Å²) in [5.41, 5.74) is 1.59. The highest BCUT2D eigenvalue weighted by Crippen LogP contribution is 2.61. The molecule has 37 heavy (non-hydrogen) atoms. The van der Waals surface area contributed by atoms with Crippen molar-refractivity contribution in [2.45, 2.75) is 45.3 Å². The Morgan fingerprint density at radius 1 is 1.16 bits per heavy atom. The molecule has 2 fully saturated rings. The lowest BCUT2D eigenvalue weighted by atomic mass is 9.42. The van der Waals surface area contributed by atoms with Crippen LogP contribution in [0.5, 0.6) is 5.75 Å². The number of likely N-dealkylation sites (N-methyl/N-ethyl adjacent to an activating group) is 1. The van der Waals surface area contributed by atoms with Crippen molar-refractivity contribution in [1.29, 1.82) is 0 Å². The van der Waals surface area contributed by atoms with Crippen molar-refractivity contribution in [2.24, 2.45) is 28.4 Å². The molecule has 4 rings (SSSR count). The molecule has 6 atom stereocenters. The van der Waals surface area contributed by atoms with Gasteiger partial charge in [0.15, 0.2) is 34.7 Å². The molecule has 0 aromatic heterocycles. The molecule has 2 saturated carbocycles. The summed E-state index contributed by atoms with van der Waals surface area (Å²) in [5.74, 6) is -8.99. The highest BCUT2D eigenvalue weighted by molar-refractivity contribution is 6.33. The van der Waals surface area contributed by atoms with Gasteiger partial charge in [-0.25, -0.2) is 0 Å². The van der Waals surface area contributed by atoms with Crippen LogP contribution >= 0.6 is 0 Å². The minimum atomic E-state index is -2.81. The van der Waals surface area contributed by atoms with Gasteiger partial charge in [-0.2, -0.15) is 0 Å². The highest BCUT2D eigenvalue weighted by Gasteiger charge is 2.76. The maximum atomic E-state index is 14.1. The third-order valence-electron chi connectivity index (χ3n) is 8.59. The maximum absolute atomic E-state index is 14.1. The van der Waals surface area contributed by atoms with Crippen LogP contribution in [-0.2, 0) is 30.3 Å². The summed E-state index contributed by atoms with van der Waals surface area (Å²) in [6.45, 7) is 4.97. The van der Waals surface area contributed by atoms with Crippen LogP contribution < -0.4 is 5.73 Å². The van der Waals surface area contributed by atoms with E-state index < -0.39 is 63.3 Å². The zero-order valence-corrected chi connectivity index (χ0v) is 21.7. The van der Waals surface area contributed by atoms with E-state index in [1.807, 2.05) is 0 Å². The Labute approximate surface area is 214 Å². The fourth-order valence-electron chi connectivity index (χ4n) is 7.33. The molecule has 3 aliphatic carbocycles. The number of nitrogens with zero attached hydrogens (tertiary/aromatic N) is 1. The molecule has 10 heteroatoms. The number of fused-ring (bicyclic) bond motifs is 3. The average Bonchev–Trinajstić information content (AvgIpc) is 2.75. The molecule has 0 saturated heterocycles. The van der Waals surface area contributed by atoms with Gasteiger partial charge in [-0.15, -0.1) is 0 Å². The number of rotatable bonds is 4. The number of aromatic hydroxyl groups is 1. The summed E-state index contributed by atoms with van der Waals surface area (Å²) in [6.07, 6.45) is 1.59. The summed E-state index contributed by atoms with van der Waals surface area (Å²) in [4.78, 5) is 68.6. The maximum Gasteiger partial charge on any atom is 0.235 e. The van der Waals surface area contributed by atoms with Gasteiger partial charge in [-0.1, -0.05) is 19.9 Å². The molecule has 1 aromatic rings. The molecule has 0 aliphatic heterocycles. The van der Waals surface area contributed by atoms with E-state index in [1.165, 1.54) is 31.3 Å². The second-order valence-corrected chi connectivity index (χ2v) is 11.3. The van der Waals surface area contributed by atoms with E-state index in [4.69, 9.17) is 10.5 Å². The lowest BCUT2D eigenvalue weighted by Gasteiger charge is -2.61. The number of phenolic OH excluding ortho intramolecular Hbond substituents is 1. The minimum Gasteiger partial charge on any atom is -0.507 e. The molecule has 1 aromatic carbocycles. The van der Waals surface area contributed by atoms with Crippen LogP contribution in [0.1, 0.15) is 48.7 Å². The van der Waals surface area contributed by atoms with Gasteiger partial charge in [-0.3, -0.25) is 28.9 Å². The first-order valence-corrected chi connectivity index (χ1v) is 12.0. The number of ketones is 4. The number of hydrogen-bond donors (Lipinski definition) is 3. The molecular formula is C27H32N2O8. The summed E-state index contributed by atoms with van der Waals surface area (Å²) in [6, 6.07) is 1.81. The van der Waals surface area contributed by atoms with Gasteiger partial charge >= 0.3 is 0 Å². The Morgan fingerprint density at radius 3 is 2.32 bits per heavy atom. The zero-order chi connectivity index (χ0) is 27.8. The van der Waals surface area contributed by atoms with E-state index in [-0.39, 0.29) is 24.2 Å². The Hall–Kier alpha value is -3.37. The molecule has 0 radical (unpaired) electrons. The lowest BCUT2D eigenvalue weighted by molar-refractivity contribution is -0.203. The van der Waals surface area contributed by atoms with E-state index in [9.17, 15) is 34.2 Å². The van der Waals surface area contributed by atoms with Crippen LogP contribution in [0.2, 0.25) is 0 Å². The molecule has 3 aliphatic rings. The van der Waals surface area contributed by atoms with Crippen molar-refractivity contribution < 1.29 is 38.9 Å². The van der Waals surface area contributed by atoms with Gasteiger partial charge in [-0.05, 0) is 62.0 Å². The van der Waals surface area contributed by atoms with E-state index in [0.29, 0.717) is 16.7 Å². The van der Waals surface area contributed by atoms with Crippen LogP contribution in [0.15, 0.2) is 18.4 Å². The van der Waals surface area contributed by atoms with Crippen LogP contribution in [0.4, 0.5) is 0 Å². The predicted octanol–water partition coefficient (Wildman–Crippen LogP) is 0.654. The molecule has 0 spiro atoms. The first kappa shape index (κ1) is 26.7. The Bertz CT molecular complexity index is 1300. The molecule has 198 valence electrons. The van der Waals surface area contributed by atoms with Crippen molar-refractivity contribution in [1.82, 2.24) is 4.90 Å². The lowest BCUT2D eigenvalue weighted by Crippen LogP contribution is -2.79. The number of nitrogens with two attached hydrogens (primary N) is 1. The predicted molar refractivity (Wildman–Crippen MR) is 131 cm³/mol. The first-order chi connectivity index (χ1) is 17.1. The van der Waals surface area contributed by atoms with Gasteiger partial charge in [0.2, 0.25) is 5.91 Å². The molecule has 1 amide bonds. The molecule has 0 heterocycles. The van der Waals surface area contributed by atoms with E-state index in [2.05, 4.69) is 0 Å². The summed E-state index contributed by atoms with van der Waals surface area (Å²) in [5, 5.41) is 22.6. The van der Waals surface area contributed by atoms with Crippen molar-refractivity contribution >= 4 is 34.6 Å². The van der Waals surface area contributed by atoms with Crippen LogP contribution in [-0.4, -0.2) is 77.0 Å². The number of primary amides is 1. The Kier molecular flexibility index (Phi) is 6.00. The summed E-state index contributed by atoms with van der Waals surface area (Å²) >= 11 is 0. The number of phenols is 1. The Balaban J connectivity index is 1.99. The normalized spacial score (nSPS) is 35.7. The first-order valence-electron chi connectivity index (χ1n) is 12.0. The van der Waals surface area contributed by atoms with Gasteiger partial charge in [0.05, 0.1) is 30.9 Å². The van der Waals surface area contributed by atoms with Crippen molar-refractivity contribution in [3.63, 3.8) is 0 Å². The second kappa shape index (κ2) is 8.32. The number of Topliss-reactive ketones (excluding diaryl/α,β-unsaturated/α-hetero) is 4. The fraction of sp³-hybridized carbons (Fsp3) is 0.519. The van der Waals surface area contributed by atoms with Gasteiger partial charge in [0, 0.05) is 5.41 Å². The number of ether oxygens (including phenoxy) is 1. The number of aliphatic hydroxyl groups is 1. The summed E-state index contributed by atoms with van der Waals surface area (Å²) in [7, 11) is 4.59. The zero-order valence-electron chi connectivity index (χ0n) is 21.7. The average molecular weight is 513 g/mol. The molecular weight excluding hydrogens is 480 g/mol. The summed E-state index contributed by atoms with van der Waals surface area (Å²) < 4.78 is 5.13. The topological polar surface area (TPSA) is 164 Å². The minimum absolute atomic E-state index is 0.0562. The van der Waals surface area contributed by atoms with Crippen LogP contribution in [0.3, 0.4) is 0 Å². The van der Waals surface area contributed by atoms with Gasteiger partial charge in [0.25, 0.3) is 0 Å². The number of allylic oxidation sites excluding steroid dienone is 1. The smallest absolute Gasteiger partial charge is 0.235 e. The quantitative estimate of drug-likeness (QED) is 0.388. The van der Waals surface area contributed by atoms with Crippen LogP contribution in [0, 0.1) is 22.7 Å². The van der Waals surface area contributed by atoms with E-state index in [1.54, 1.807) is 34.0 Å². The molecule has 4 N–H and O–H groups in total. The third kappa shape index (κ3) is 3.28. The van der Waals surface area contributed by atoms with Gasteiger partial charge in [0.1, 0.15) is 5.75 Å². The number of amides is 1. The number of benzene rings is 1. The molecule has 0 bridgehead atoms.